The number of anilines is 1. The van der Waals surface area contributed by atoms with Gasteiger partial charge in [-0.3, -0.25) is 9.69 Å². The van der Waals surface area contributed by atoms with E-state index in [-0.39, 0.29) is 24.0 Å². The lowest BCUT2D eigenvalue weighted by atomic mass is 9.64. The molecule has 2 aliphatic heterocycles. The molecule has 1 aromatic carbocycles. The van der Waals surface area contributed by atoms with E-state index in [4.69, 9.17) is 0 Å². The fourth-order valence-corrected chi connectivity index (χ4v) is 5.86. The summed E-state index contributed by atoms with van der Waals surface area (Å²) in [6.07, 6.45) is -2.06. The van der Waals surface area contributed by atoms with Gasteiger partial charge >= 0.3 is 12.2 Å². The lowest BCUT2D eigenvalue weighted by Gasteiger charge is -2.44. The van der Waals surface area contributed by atoms with Crippen LogP contribution in [0.5, 0.6) is 0 Å². The van der Waals surface area contributed by atoms with Crippen LogP contribution in [0.3, 0.4) is 0 Å². The first kappa shape index (κ1) is 22.9. The summed E-state index contributed by atoms with van der Waals surface area (Å²) >= 11 is 0. The van der Waals surface area contributed by atoms with E-state index in [1.807, 2.05) is 9.80 Å². The molecular weight excluding hydrogens is 421 g/mol. The predicted molar refractivity (Wildman–Crippen MR) is 115 cm³/mol. The lowest BCUT2D eigenvalue weighted by molar-refractivity contribution is -0.137. The van der Waals surface area contributed by atoms with Crippen molar-refractivity contribution < 1.29 is 22.8 Å². The Kier molecular flexibility index (Phi) is 5.68. The fraction of sp³-hybridized carbons (Fsp3) is 0.652. The molecule has 2 unspecified atom stereocenters. The van der Waals surface area contributed by atoms with Gasteiger partial charge in [-0.2, -0.15) is 13.2 Å². The Bertz CT molecular complexity index is 895. The molecule has 6 nitrogen and oxygen atoms in total. The van der Waals surface area contributed by atoms with Crippen LogP contribution in [0, 0.1) is 11.3 Å². The molecule has 4 rings (SSSR count). The van der Waals surface area contributed by atoms with Crippen LogP contribution >= 0.6 is 0 Å². The zero-order valence-corrected chi connectivity index (χ0v) is 18.8. The molecule has 1 aromatic rings. The second-order valence-electron chi connectivity index (χ2n) is 10.4. The number of amides is 3. The van der Waals surface area contributed by atoms with Crippen LogP contribution in [0.2, 0.25) is 0 Å². The molecule has 1 aliphatic carbocycles. The van der Waals surface area contributed by atoms with Gasteiger partial charge in [-0.25, -0.2) is 9.69 Å². The maximum absolute atomic E-state index is 13.3. The maximum atomic E-state index is 13.3. The second kappa shape index (κ2) is 7.93. The van der Waals surface area contributed by atoms with Crippen molar-refractivity contribution in [3.05, 3.63) is 29.8 Å². The largest absolute Gasteiger partial charge is 0.416 e. The number of piperazine rings is 1. The van der Waals surface area contributed by atoms with Gasteiger partial charge in [-0.1, -0.05) is 26.8 Å². The highest BCUT2D eigenvalue weighted by Gasteiger charge is 2.56. The highest BCUT2D eigenvalue weighted by atomic mass is 19.4. The number of benzene rings is 1. The third-order valence-corrected chi connectivity index (χ3v) is 6.88. The molecule has 3 fully saturated rings. The van der Waals surface area contributed by atoms with Crippen molar-refractivity contribution in [3.63, 3.8) is 0 Å². The number of hydrogen-bond acceptors (Lipinski definition) is 4. The zero-order chi connectivity index (χ0) is 23.3. The number of alkyl halides is 3. The Hall–Kier alpha value is -2.29. The van der Waals surface area contributed by atoms with Crippen molar-refractivity contribution in [2.45, 2.75) is 51.7 Å². The van der Waals surface area contributed by atoms with Crippen molar-refractivity contribution in [2.24, 2.45) is 11.3 Å². The summed E-state index contributed by atoms with van der Waals surface area (Å²) in [5.41, 5.74) is -0.968. The summed E-state index contributed by atoms with van der Waals surface area (Å²) in [6, 6.07) is 4.99. The third-order valence-electron chi connectivity index (χ3n) is 6.88. The highest BCUT2D eigenvalue weighted by molar-refractivity contribution is 6.07. The van der Waals surface area contributed by atoms with E-state index >= 15 is 0 Å². The molecule has 9 heteroatoms. The molecule has 1 saturated carbocycles. The van der Waals surface area contributed by atoms with E-state index in [0.29, 0.717) is 50.6 Å². The van der Waals surface area contributed by atoms with Crippen LogP contribution in [0.15, 0.2) is 24.3 Å². The quantitative estimate of drug-likeness (QED) is 0.707. The van der Waals surface area contributed by atoms with Crippen LogP contribution in [0.25, 0.3) is 0 Å². The monoisotopic (exact) mass is 452 g/mol. The number of carbonyl (C=O) groups excluding carboxylic acids is 2. The number of urea groups is 1. The van der Waals surface area contributed by atoms with Crippen LogP contribution < -0.4 is 10.2 Å². The summed E-state index contributed by atoms with van der Waals surface area (Å²) in [4.78, 5) is 31.3. The van der Waals surface area contributed by atoms with Crippen molar-refractivity contribution in [1.82, 2.24) is 15.1 Å². The topological polar surface area (TPSA) is 55.9 Å². The summed E-state index contributed by atoms with van der Waals surface area (Å²) in [6.45, 7) is 8.78. The zero-order valence-electron chi connectivity index (χ0n) is 18.8. The first-order valence-electron chi connectivity index (χ1n) is 11.2. The number of nitrogens with one attached hydrogen (secondary N) is 1. The molecule has 2 heterocycles. The highest BCUT2D eigenvalue weighted by Crippen LogP contribution is 2.46. The smallest absolute Gasteiger partial charge is 0.369 e. The van der Waals surface area contributed by atoms with Crippen LogP contribution in [-0.4, -0.2) is 60.1 Å². The Labute approximate surface area is 186 Å². The summed E-state index contributed by atoms with van der Waals surface area (Å²) in [5.74, 6) is 0.196. The Morgan fingerprint density at radius 3 is 2.41 bits per heavy atom. The van der Waals surface area contributed by atoms with E-state index in [1.54, 1.807) is 6.07 Å². The number of imide groups is 1. The van der Waals surface area contributed by atoms with E-state index in [9.17, 15) is 22.8 Å². The Morgan fingerprint density at radius 2 is 1.78 bits per heavy atom. The normalized spacial score (nSPS) is 29.0. The maximum Gasteiger partial charge on any atom is 0.416 e. The summed E-state index contributed by atoms with van der Waals surface area (Å²) < 4.78 is 39.1. The number of rotatable bonds is 3. The third kappa shape index (κ3) is 4.44. The predicted octanol–water partition coefficient (Wildman–Crippen LogP) is 3.92. The van der Waals surface area contributed by atoms with Gasteiger partial charge in [-0.05, 0) is 48.8 Å². The molecule has 1 N–H and O–H groups in total. The number of nitrogens with zero attached hydrogens (tertiary/aromatic N) is 3. The van der Waals surface area contributed by atoms with Gasteiger partial charge in [-0.15, -0.1) is 0 Å². The van der Waals surface area contributed by atoms with Crippen LogP contribution in [-0.2, 0) is 11.0 Å². The van der Waals surface area contributed by atoms with Crippen molar-refractivity contribution in [3.8, 4) is 0 Å². The Morgan fingerprint density at radius 1 is 1.09 bits per heavy atom. The van der Waals surface area contributed by atoms with Gasteiger partial charge in [0.05, 0.1) is 12.2 Å². The fourth-order valence-electron chi connectivity index (χ4n) is 5.86. The summed E-state index contributed by atoms with van der Waals surface area (Å²) in [5, 5.41) is 2.99. The molecule has 1 spiro atoms. The van der Waals surface area contributed by atoms with Gasteiger partial charge in [0.1, 0.15) is 5.54 Å². The van der Waals surface area contributed by atoms with Crippen molar-refractivity contribution in [2.75, 3.05) is 37.7 Å². The van der Waals surface area contributed by atoms with E-state index in [1.165, 1.54) is 17.0 Å². The number of halogens is 3. The average molecular weight is 453 g/mol. The van der Waals surface area contributed by atoms with E-state index < -0.39 is 17.3 Å². The van der Waals surface area contributed by atoms with Crippen molar-refractivity contribution in [1.29, 1.82) is 0 Å². The molecule has 0 bridgehead atoms. The molecule has 2 atom stereocenters. The molecule has 2 saturated heterocycles. The standard InChI is InChI=1S/C23H31F3N4O2/c1-16-12-21(2,3)14-22(13-16)19(31)30(20(32)27-22)15-28-7-9-29(10-8-28)18-6-4-5-17(11-18)23(24,25)26/h4-6,11,16H,7-10,12-15H2,1-3H3,(H,27,32). The molecule has 0 radical (unpaired) electrons. The van der Waals surface area contributed by atoms with Gasteiger partial charge < -0.3 is 10.2 Å². The minimum atomic E-state index is -4.37. The van der Waals surface area contributed by atoms with Crippen LogP contribution in [0.1, 0.15) is 45.6 Å². The molecule has 3 aliphatic rings. The molecule has 3 amide bonds. The van der Waals surface area contributed by atoms with Gasteiger partial charge in [0.15, 0.2) is 0 Å². The van der Waals surface area contributed by atoms with Gasteiger partial charge in [0, 0.05) is 31.9 Å². The van der Waals surface area contributed by atoms with E-state index in [0.717, 1.165) is 12.5 Å². The van der Waals surface area contributed by atoms with Gasteiger partial charge in [0.2, 0.25) is 0 Å². The molecule has 32 heavy (non-hydrogen) atoms. The van der Waals surface area contributed by atoms with E-state index in [2.05, 4.69) is 26.1 Å². The minimum absolute atomic E-state index is 0.0206. The first-order valence-corrected chi connectivity index (χ1v) is 11.2. The minimum Gasteiger partial charge on any atom is -0.369 e. The second-order valence-corrected chi connectivity index (χ2v) is 10.4. The first-order chi connectivity index (χ1) is 14.9. The van der Waals surface area contributed by atoms with Gasteiger partial charge in [0.25, 0.3) is 5.91 Å². The molecule has 176 valence electrons. The molecular formula is C23H31F3N4O2. The number of hydrogen-bond donors (Lipinski definition) is 1. The molecule has 0 aromatic heterocycles. The lowest BCUT2D eigenvalue weighted by Crippen LogP contribution is -2.55. The SMILES string of the molecule is CC1CC(C)(C)CC2(C1)NC(=O)N(CN1CCN(c3cccc(C(F)(F)F)c3)CC1)C2=O. The van der Waals surface area contributed by atoms with Crippen LogP contribution in [0.4, 0.5) is 23.7 Å². The van der Waals surface area contributed by atoms with Crippen molar-refractivity contribution >= 4 is 17.6 Å². The number of carbonyl (C=O) groups is 2. The summed E-state index contributed by atoms with van der Waals surface area (Å²) in [7, 11) is 0. The Balaban J connectivity index is 1.38. The average Bonchev–Trinajstić information content (AvgIpc) is 2.89.